The monoisotopic (exact) mass is 535 g/mol. The third-order valence-corrected chi connectivity index (χ3v) is 7.96. The summed E-state index contributed by atoms with van der Waals surface area (Å²) in [5.74, 6) is 0.207. The molecular formula is C29H31ClFN5O2. The van der Waals surface area contributed by atoms with Gasteiger partial charge in [0, 0.05) is 62.4 Å². The highest BCUT2D eigenvalue weighted by Crippen LogP contribution is 2.41. The second-order valence-electron chi connectivity index (χ2n) is 10.1. The molecule has 0 bridgehead atoms. The van der Waals surface area contributed by atoms with Gasteiger partial charge in [-0.1, -0.05) is 17.7 Å². The first kappa shape index (κ1) is 26.0. The van der Waals surface area contributed by atoms with Gasteiger partial charge >= 0.3 is 5.69 Å². The van der Waals surface area contributed by atoms with E-state index in [2.05, 4.69) is 28.8 Å². The molecule has 0 radical (unpaired) electrons. The van der Waals surface area contributed by atoms with Crippen molar-refractivity contribution < 1.29 is 9.50 Å². The molecule has 3 heterocycles. The number of anilines is 1. The number of aryl methyl sites for hydroxylation is 1. The van der Waals surface area contributed by atoms with Crippen LogP contribution in [0.2, 0.25) is 5.02 Å². The van der Waals surface area contributed by atoms with E-state index in [1.54, 1.807) is 49.9 Å². The molecule has 0 spiro atoms. The van der Waals surface area contributed by atoms with Gasteiger partial charge in [0.15, 0.2) is 0 Å². The first-order valence-corrected chi connectivity index (χ1v) is 13.0. The molecule has 2 aromatic carbocycles. The largest absolute Gasteiger partial charge is 0.507 e. The summed E-state index contributed by atoms with van der Waals surface area (Å²) in [5.41, 5.74) is 2.13. The smallest absolute Gasteiger partial charge is 0.332 e. The first-order valence-electron chi connectivity index (χ1n) is 12.6. The maximum Gasteiger partial charge on any atom is 0.332 e. The number of phenolic OH excluding ortho intramolecular Hbond substituents is 1. The molecule has 38 heavy (non-hydrogen) atoms. The van der Waals surface area contributed by atoms with Gasteiger partial charge in [0.25, 0.3) is 0 Å². The molecule has 1 N–H and O–H groups in total. The van der Waals surface area contributed by atoms with Crippen LogP contribution in [-0.4, -0.2) is 56.8 Å². The van der Waals surface area contributed by atoms with Crippen LogP contribution in [0.4, 0.5) is 10.2 Å². The number of likely N-dealkylation sites (tertiary alicyclic amines) is 1. The Bertz CT molecular complexity index is 1550. The predicted octanol–water partition coefficient (Wildman–Crippen LogP) is 5.32. The van der Waals surface area contributed by atoms with Crippen molar-refractivity contribution in [3.63, 3.8) is 0 Å². The van der Waals surface area contributed by atoms with Crippen LogP contribution in [0.25, 0.3) is 27.9 Å². The molecule has 1 aliphatic rings. The van der Waals surface area contributed by atoms with Crippen LogP contribution in [-0.2, 0) is 7.05 Å². The maximum absolute atomic E-state index is 14.9. The molecule has 198 valence electrons. The number of aromatic nitrogens is 3. The molecule has 1 aliphatic heterocycles. The Balaban J connectivity index is 1.47. The average Bonchev–Trinajstić information content (AvgIpc) is 3.40. The van der Waals surface area contributed by atoms with Gasteiger partial charge in [-0.25, -0.2) is 14.2 Å². The van der Waals surface area contributed by atoms with Crippen LogP contribution in [0.15, 0.2) is 65.8 Å². The summed E-state index contributed by atoms with van der Waals surface area (Å²) < 4.78 is 17.7. The van der Waals surface area contributed by atoms with Crippen molar-refractivity contribution in [1.82, 2.24) is 19.0 Å². The number of rotatable bonds is 6. The molecule has 1 fully saturated rings. The molecule has 1 saturated heterocycles. The number of pyridine rings is 1. The Hall–Kier alpha value is -3.62. The van der Waals surface area contributed by atoms with Crippen LogP contribution in [0, 0.1) is 5.82 Å². The molecule has 7 nitrogen and oxygen atoms in total. The van der Waals surface area contributed by atoms with E-state index in [-0.39, 0.29) is 11.4 Å². The highest BCUT2D eigenvalue weighted by molar-refractivity contribution is 6.32. The van der Waals surface area contributed by atoms with Gasteiger partial charge in [0.2, 0.25) is 0 Å². The van der Waals surface area contributed by atoms with Gasteiger partial charge in [-0.15, -0.1) is 0 Å². The van der Waals surface area contributed by atoms with Crippen molar-refractivity contribution in [2.24, 2.45) is 7.05 Å². The second kappa shape index (κ2) is 10.3. The summed E-state index contributed by atoms with van der Waals surface area (Å²) in [4.78, 5) is 21.4. The maximum atomic E-state index is 14.9. The number of benzene rings is 2. The quantitative estimate of drug-likeness (QED) is 0.362. The summed E-state index contributed by atoms with van der Waals surface area (Å²) >= 11 is 6.53. The number of nitrogens with zero attached hydrogens (tertiary/aromatic N) is 5. The summed E-state index contributed by atoms with van der Waals surface area (Å²) in [5, 5.41) is 11.6. The summed E-state index contributed by atoms with van der Waals surface area (Å²) in [6.45, 7) is 3.07. The molecule has 5 rings (SSSR count). The fraction of sp³-hybridized carbons (Fsp3) is 0.310. The molecule has 2 atom stereocenters. The summed E-state index contributed by atoms with van der Waals surface area (Å²) in [7, 11) is 5.81. The fourth-order valence-corrected chi connectivity index (χ4v) is 5.45. The lowest BCUT2D eigenvalue weighted by atomic mass is 9.97. The van der Waals surface area contributed by atoms with Crippen LogP contribution < -0.4 is 10.6 Å². The van der Waals surface area contributed by atoms with Crippen LogP contribution in [0.5, 0.6) is 5.75 Å². The predicted molar refractivity (Wildman–Crippen MR) is 150 cm³/mol. The number of phenols is 1. The van der Waals surface area contributed by atoms with Gasteiger partial charge in [-0.2, -0.15) is 0 Å². The zero-order chi connectivity index (χ0) is 27.1. The molecule has 2 unspecified atom stereocenters. The first-order chi connectivity index (χ1) is 18.1. The van der Waals surface area contributed by atoms with Gasteiger partial charge < -0.3 is 14.6 Å². The average molecular weight is 536 g/mol. The number of imidazole rings is 1. The van der Waals surface area contributed by atoms with Crippen LogP contribution >= 0.6 is 11.6 Å². The van der Waals surface area contributed by atoms with Crippen molar-refractivity contribution in [2.45, 2.75) is 31.8 Å². The Labute approximate surface area is 226 Å². The van der Waals surface area contributed by atoms with E-state index in [9.17, 15) is 14.3 Å². The Kier molecular flexibility index (Phi) is 7.03. The Morgan fingerprint density at radius 3 is 2.39 bits per heavy atom. The summed E-state index contributed by atoms with van der Waals surface area (Å²) in [6, 6.07) is 12.3. The molecule has 0 aliphatic carbocycles. The van der Waals surface area contributed by atoms with E-state index in [0.717, 1.165) is 18.8 Å². The SMILES string of the molecule is CC1CCC(CN(C)c2cc(-c3cc(F)cc(-c4ccc(-n5ccn(C)c5=O)c(Cl)c4)c3O)ccn2)N1C. The highest BCUT2D eigenvalue weighted by Gasteiger charge is 2.28. The van der Waals surface area contributed by atoms with E-state index in [1.807, 2.05) is 13.1 Å². The van der Waals surface area contributed by atoms with Crippen molar-refractivity contribution in [1.29, 1.82) is 0 Å². The molecule has 0 amide bonds. The third-order valence-electron chi connectivity index (χ3n) is 7.66. The van der Waals surface area contributed by atoms with Gasteiger partial charge in [0.05, 0.1) is 10.7 Å². The zero-order valence-electron chi connectivity index (χ0n) is 21.9. The van der Waals surface area contributed by atoms with Crippen molar-refractivity contribution in [2.75, 3.05) is 25.5 Å². The van der Waals surface area contributed by atoms with Crippen LogP contribution in [0.3, 0.4) is 0 Å². The molecular weight excluding hydrogens is 505 g/mol. The van der Waals surface area contributed by atoms with Crippen molar-refractivity contribution in [3.8, 4) is 33.7 Å². The standard InChI is InChI=1S/C29H31ClFN5O2/c1-18-5-7-22(35(18)4)17-34(3)27-14-20(9-10-32-27)24-16-21(31)15-23(28(24)37)19-6-8-26(25(30)13-19)36-12-11-33(2)29(36)38/h6,8-16,18,22,37H,5,7,17H2,1-4H3. The number of hydrogen-bond donors (Lipinski definition) is 1. The zero-order valence-corrected chi connectivity index (χ0v) is 22.7. The van der Waals surface area contributed by atoms with E-state index in [0.29, 0.717) is 45.0 Å². The minimum Gasteiger partial charge on any atom is -0.507 e. The lowest BCUT2D eigenvalue weighted by Gasteiger charge is -2.28. The molecule has 2 aromatic heterocycles. The fourth-order valence-electron chi connectivity index (χ4n) is 5.18. The lowest BCUT2D eigenvalue weighted by molar-refractivity contribution is 0.256. The number of aromatic hydroxyl groups is 1. The van der Waals surface area contributed by atoms with Gasteiger partial charge in [0.1, 0.15) is 17.4 Å². The van der Waals surface area contributed by atoms with E-state index in [4.69, 9.17) is 11.6 Å². The minimum absolute atomic E-state index is 0.0590. The molecule has 0 saturated carbocycles. The van der Waals surface area contributed by atoms with Crippen LogP contribution in [0.1, 0.15) is 19.8 Å². The highest BCUT2D eigenvalue weighted by atomic mass is 35.5. The van der Waals surface area contributed by atoms with Crippen molar-refractivity contribution >= 4 is 17.4 Å². The van der Waals surface area contributed by atoms with E-state index in [1.165, 1.54) is 27.7 Å². The van der Waals surface area contributed by atoms with Gasteiger partial charge in [-0.3, -0.25) is 9.47 Å². The third kappa shape index (κ3) is 4.81. The topological polar surface area (TPSA) is 66.5 Å². The second-order valence-corrected chi connectivity index (χ2v) is 10.5. The lowest BCUT2D eigenvalue weighted by Crippen LogP contribution is -2.39. The number of hydrogen-bond acceptors (Lipinski definition) is 5. The number of likely N-dealkylation sites (N-methyl/N-ethyl adjacent to an activating group) is 2. The van der Waals surface area contributed by atoms with E-state index < -0.39 is 5.82 Å². The summed E-state index contributed by atoms with van der Waals surface area (Å²) in [6.07, 6.45) is 7.26. The number of halogens is 2. The Morgan fingerprint density at radius 2 is 1.79 bits per heavy atom. The Morgan fingerprint density at radius 1 is 1.08 bits per heavy atom. The molecule has 4 aromatic rings. The van der Waals surface area contributed by atoms with Crippen molar-refractivity contribution in [3.05, 3.63) is 82.4 Å². The van der Waals surface area contributed by atoms with E-state index >= 15 is 0 Å². The minimum atomic E-state index is -0.486. The molecule has 9 heteroatoms. The normalized spacial score (nSPS) is 17.7. The van der Waals surface area contributed by atoms with Gasteiger partial charge in [-0.05, 0) is 74.3 Å².